The maximum Gasteiger partial charge on any atom is 0.264 e. The van der Waals surface area contributed by atoms with Crippen molar-refractivity contribution in [1.82, 2.24) is 5.32 Å². The molecule has 0 aromatic heterocycles. The van der Waals surface area contributed by atoms with Gasteiger partial charge >= 0.3 is 0 Å². The zero-order chi connectivity index (χ0) is 18.1. The number of rotatable bonds is 6. The minimum Gasteiger partial charge on any atom is -0.356 e. The number of carbonyl (C=O) groups is 1. The minimum atomic E-state index is -4.01. The van der Waals surface area contributed by atoms with Gasteiger partial charge < -0.3 is 5.32 Å². The van der Waals surface area contributed by atoms with Crippen LogP contribution in [-0.2, 0) is 20.2 Å². The fourth-order valence-electron chi connectivity index (χ4n) is 2.83. The van der Waals surface area contributed by atoms with E-state index in [1.165, 1.54) is 18.2 Å². The summed E-state index contributed by atoms with van der Waals surface area (Å²) in [4.78, 5) is 11.8. The summed E-state index contributed by atoms with van der Waals surface area (Å²) in [7, 11) is -4.01. The van der Waals surface area contributed by atoms with Gasteiger partial charge in [-0.15, -0.1) is 0 Å². The maximum atomic E-state index is 13.7. The Labute approximate surface area is 146 Å². The molecule has 5 nitrogen and oxygen atoms in total. The lowest BCUT2D eigenvalue weighted by atomic mass is 9.95. The molecule has 0 radical (unpaired) electrons. The Morgan fingerprint density at radius 3 is 2.32 bits per heavy atom. The predicted octanol–water partition coefficient (Wildman–Crippen LogP) is 2.79. The fraction of sp³-hybridized carbons (Fsp3) is 0.278. The summed E-state index contributed by atoms with van der Waals surface area (Å²) in [5.41, 5.74) is 0.671. The summed E-state index contributed by atoms with van der Waals surface area (Å²) in [6.07, 6.45) is 1.55. The van der Waals surface area contributed by atoms with Crippen molar-refractivity contribution >= 4 is 21.6 Å². The van der Waals surface area contributed by atoms with Gasteiger partial charge in [-0.1, -0.05) is 24.3 Å². The van der Waals surface area contributed by atoms with Gasteiger partial charge in [-0.05, 0) is 49.6 Å². The molecule has 2 aromatic rings. The van der Waals surface area contributed by atoms with E-state index in [9.17, 15) is 17.6 Å². The van der Waals surface area contributed by atoms with E-state index in [2.05, 4.69) is 10.0 Å². The standard InChI is InChI=1S/C18H19FN2O3S/c1-2-20-17(22)18(11-12-18)13-7-9-14(10-8-13)21-25(23,24)16-6-4-3-5-15(16)19/h3-10,21H,2,11-12H2,1H3,(H,20,22). The van der Waals surface area contributed by atoms with Gasteiger partial charge in [0.1, 0.15) is 10.7 Å². The van der Waals surface area contributed by atoms with Gasteiger partial charge in [-0.3, -0.25) is 9.52 Å². The molecule has 1 aliphatic rings. The Kier molecular flexibility index (Phi) is 4.51. The summed E-state index contributed by atoms with van der Waals surface area (Å²) in [5.74, 6) is -0.811. The van der Waals surface area contributed by atoms with E-state index in [1.807, 2.05) is 6.92 Å². The second-order valence-electron chi connectivity index (χ2n) is 6.05. The van der Waals surface area contributed by atoms with Crippen LogP contribution in [0, 0.1) is 5.82 Å². The van der Waals surface area contributed by atoms with Gasteiger partial charge in [0.15, 0.2) is 0 Å². The molecule has 0 heterocycles. The first-order chi connectivity index (χ1) is 11.9. The van der Waals surface area contributed by atoms with E-state index in [0.29, 0.717) is 12.2 Å². The van der Waals surface area contributed by atoms with E-state index >= 15 is 0 Å². The van der Waals surface area contributed by atoms with E-state index in [0.717, 1.165) is 24.5 Å². The molecule has 25 heavy (non-hydrogen) atoms. The third-order valence-electron chi connectivity index (χ3n) is 4.34. The lowest BCUT2D eigenvalue weighted by Gasteiger charge is -2.16. The average molecular weight is 362 g/mol. The lowest BCUT2D eigenvalue weighted by Crippen LogP contribution is -2.34. The van der Waals surface area contributed by atoms with Gasteiger partial charge in [0.25, 0.3) is 10.0 Å². The molecule has 3 rings (SSSR count). The van der Waals surface area contributed by atoms with Gasteiger partial charge in [0.2, 0.25) is 5.91 Å². The number of hydrogen-bond donors (Lipinski definition) is 2. The zero-order valence-corrected chi connectivity index (χ0v) is 14.6. The van der Waals surface area contributed by atoms with Gasteiger partial charge in [0.05, 0.1) is 5.41 Å². The van der Waals surface area contributed by atoms with Crippen LogP contribution in [0.2, 0.25) is 0 Å². The highest BCUT2D eigenvalue weighted by atomic mass is 32.2. The molecule has 7 heteroatoms. The molecule has 0 spiro atoms. The Balaban J connectivity index is 1.80. The molecule has 0 atom stereocenters. The number of amides is 1. The smallest absolute Gasteiger partial charge is 0.264 e. The lowest BCUT2D eigenvalue weighted by molar-refractivity contribution is -0.123. The number of likely N-dealkylation sites (N-methyl/N-ethyl adjacent to an activating group) is 1. The topological polar surface area (TPSA) is 75.3 Å². The van der Waals surface area contributed by atoms with Crippen LogP contribution >= 0.6 is 0 Å². The number of anilines is 1. The molecule has 1 amide bonds. The van der Waals surface area contributed by atoms with E-state index in [4.69, 9.17) is 0 Å². The van der Waals surface area contributed by atoms with Crippen LogP contribution in [0.5, 0.6) is 0 Å². The summed E-state index contributed by atoms with van der Waals surface area (Å²) in [6.45, 7) is 2.44. The molecule has 1 aliphatic carbocycles. The fourth-order valence-corrected chi connectivity index (χ4v) is 3.97. The second kappa shape index (κ2) is 6.48. The van der Waals surface area contributed by atoms with Crippen LogP contribution in [-0.4, -0.2) is 20.9 Å². The molecule has 132 valence electrons. The number of hydrogen-bond acceptors (Lipinski definition) is 3. The minimum absolute atomic E-state index is 0.00492. The molecular formula is C18H19FN2O3S. The summed E-state index contributed by atoms with van der Waals surface area (Å²) < 4.78 is 40.7. The number of sulfonamides is 1. The molecule has 2 aromatic carbocycles. The number of benzene rings is 2. The van der Waals surface area contributed by atoms with Gasteiger partial charge in [-0.25, -0.2) is 12.8 Å². The molecule has 0 saturated heterocycles. The van der Waals surface area contributed by atoms with Gasteiger partial charge in [-0.2, -0.15) is 0 Å². The first-order valence-corrected chi connectivity index (χ1v) is 9.53. The highest BCUT2D eigenvalue weighted by Crippen LogP contribution is 2.48. The molecule has 2 N–H and O–H groups in total. The van der Waals surface area contributed by atoms with Crippen molar-refractivity contribution in [3.8, 4) is 0 Å². The SMILES string of the molecule is CCNC(=O)C1(c2ccc(NS(=O)(=O)c3ccccc3F)cc2)CC1. The van der Waals surface area contributed by atoms with Crippen LogP contribution in [0.1, 0.15) is 25.3 Å². The van der Waals surface area contributed by atoms with Crippen molar-refractivity contribution in [3.05, 3.63) is 59.9 Å². The average Bonchev–Trinajstić information content (AvgIpc) is 3.37. The predicted molar refractivity (Wildman–Crippen MR) is 93.2 cm³/mol. The van der Waals surface area contributed by atoms with E-state index < -0.39 is 26.2 Å². The summed E-state index contributed by atoms with van der Waals surface area (Å²) in [6, 6.07) is 11.9. The molecule has 1 fully saturated rings. The van der Waals surface area contributed by atoms with Crippen molar-refractivity contribution in [1.29, 1.82) is 0 Å². The van der Waals surface area contributed by atoms with Crippen molar-refractivity contribution in [3.63, 3.8) is 0 Å². The first kappa shape index (κ1) is 17.4. The Morgan fingerprint density at radius 1 is 1.12 bits per heavy atom. The summed E-state index contributed by atoms with van der Waals surface area (Å²) >= 11 is 0. The van der Waals surface area contributed by atoms with Crippen LogP contribution in [0.15, 0.2) is 53.4 Å². The highest BCUT2D eigenvalue weighted by Gasteiger charge is 2.50. The Morgan fingerprint density at radius 2 is 1.76 bits per heavy atom. The largest absolute Gasteiger partial charge is 0.356 e. The number of halogens is 1. The third-order valence-corrected chi connectivity index (χ3v) is 5.75. The highest BCUT2D eigenvalue weighted by molar-refractivity contribution is 7.92. The zero-order valence-electron chi connectivity index (χ0n) is 13.8. The van der Waals surface area contributed by atoms with E-state index in [1.54, 1.807) is 24.3 Å². The maximum absolute atomic E-state index is 13.7. The second-order valence-corrected chi connectivity index (χ2v) is 7.71. The number of carbonyl (C=O) groups excluding carboxylic acids is 1. The monoisotopic (exact) mass is 362 g/mol. The van der Waals surface area contributed by atoms with Crippen LogP contribution < -0.4 is 10.0 Å². The molecule has 0 unspecified atom stereocenters. The normalized spacial score (nSPS) is 15.4. The molecular weight excluding hydrogens is 343 g/mol. The van der Waals surface area contributed by atoms with Crippen molar-refractivity contribution in [2.75, 3.05) is 11.3 Å². The van der Waals surface area contributed by atoms with Crippen LogP contribution in [0.25, 0.3) is 0 Å². The molecule has 0 bridgehead atoms. The van der Waals surface area contributed by atoms with Crippen LogP contribution in [0.4, 0.5) is 10.1 Å². The van der Waals surface area contributed by atoms with E-state index in [-0.39, 0.29) is 5.91 Å². The Bertz CT molecular complexity index is 891. The third kappa shape index (κ3) is 3.37. The Hall–Kier alpha value is -2.41. The number of nitrogens with one attached hydrogen (secondary N) is 2. The first-order valence-electron chi connectivity index (χ1n) is 8.05. The molecule has 0 aliphatic heterocycles. The van der Waals surface area contributed by atoms with Gasteiger partial charge in [0, 0.05) is 12.2 Å². The van der Waals surface area contributed by atoms with Crippen molar-refractivity contribution in [2.45, 2.75) is 30.1 Å². The van der Waals surface area contributed by atoms with Crippen molar-refractivity contribution < 1.29 is 17.6 Å². The molecule has 1 saturated carbocycles. The van der Waals surface area contributed by atoms with Crippen molar-refractivity contribution in [2.24, 2.45) is 0 Å². The quantitative estimate of drug-likeness (QED) is 0.830. The summed E-state index contributed by atoms with van der Waals surface area (Å²) in [5, 5.41) is 2.84. The van der Waals surface area contributed by atoms with Crippen LogP contribution in [0.3, 0.4) is 0 Å².